The van der Waals surface area contributed by atoms with Crippen LogP contribution in [-0.4, -0.2) is 23.8 Å². The van der Waals surface area contributed by atoms with Gasteiger partial charge in [-0.1, -0.05) is 23.7 Å². The van der Waals surface area contributed by atoms with Crippen LogP contribution in [0.15, 0.2) is 58.5 Å². The molecule has 0 aliphatic rings. The molecule has 0 saturated heterocycles. The van der Waals surface area contributed by atoms with E-state index in [-0.39, 0.29) is 17.6 Å². The lowest BCUT2D eigenvalue weighted by Gasteiger charge is -2.02. The third-order valence-corrected chi connectivity index (χ3v) is 4.08. The highest BCUT2D eigenvalue weighted by Crippen LogP contribution is 2.19. The Bertz CT molecular complexity index is 731. The fourth-order valence-corrected chi connectivity index (χ4v) is 2.56. The van der Waals surface area contributed by atoms with Gasteiger partial charge in [0.1, 0.15) is 0 Å². The van der Waals surface area contributed by atoms with E-state index in [4.69, 9.17) is 11.6 Å². The third kappa shape index (κ3) is 6.44. The summed E-state index contributed by atoms with van der Waals surface area (Å²) >= 11 is 7.21. The topological polar surface area (TPSA) is 70.6 Å². The molecule has 2 amide bonds. The Morgan fingerprint density at radius 2 is 1.79 bits per heavy atom. The number of thioether (sulfide) groups is 1. The third-order valence-electron chi connectivity index (χ3n) is 2.82. The Balaban J connectivity index is 1.77. The molecule has 0 aliphatic heterocycles. The second kappa shape index (κ2) is 9.10. The van der Waals surface area contributed by atoms with Crippen molar-refractivity contribution in [3.63, 3.8) is 0 Å². The number of rotatable bonds is 6. The standard InChI is InChI=1S/C17H16ClN3O2S/c1-12(22)20-15-6-2-13(3-7-15)10-19-21-17(23)11-24-16-8-4-14(18)5-9-16/h2-10H,11H2,1H3,(H,20,22)(H,21,23)/b19-10-. The van der Waals surface area contributed by atoms with Crippen LogP contribution in [0.25, 0.3) is 0 Å². The first-order chi connectivity index (χ1) is 11.5. The number of hydrazone groups is 1. The lowest BCUT2D eigenvalue weighted by Crippen LogP contribution is -2.19. The highest BCUT2D eigenvalue weighted by Gasteiger charge is 2.01. The predicted molar refractivity (Wildman–Crippen MR) is 98.7 cm³/mol. The predicted octanol–water partition coefficient (Wildman–Crippen LogP) is 3.54. The first kappa shape index (κ1) is 18.0. The van der Waals surface area contributed by atoms with E-state index in [2.05, 4.69) is 15.8 Å². The van der Waals surface area contributed by atoms with Crippen LogP contribution in [0.1, 0.15) is 12.5 Å². The Hall–Kier alpha value is -2.31. The Kier molecular flexibility index (Phi) is 6.84. The minimum atomic E-state index is -0.193. The van der Waals surface area contributed by atoms with Gasteiger partial charge in [0.25, 0.3) is 0 Å². The molecule has 2 N–H and O–H groups in total. The molecule has 0 aliphatic carbocycles. The molecule has 0 atom stereocenters. The monoisotopic (exact) mass is 361 g/mol. The normalized spacial score (nSPS) is 10.6. The number of halogens is 1. The quantitative estimate of drug-likeness (QED) is 0.469. The van der Waals surface area contributed by atoms with E-state index < -0.39 is 0 Å². The zero-order valence-corrected chi connectivity index (χ0v) is 14.5. The van der Waals surface area contributed by atoms with E-state index >= 15 is 0 Å². The average molecular weight is 362 g/mol. The summed E-state index contributed by atoms with van der Waals surface area (Å²) in [6, 6.07) is 14.4. The molecule has 0 saturated carbocycles. The van der Waals surface area contributed by atoms with Crippen LogP contribution in [0.4, 0.5) is 5.69 Å². The number of benzene rings is 2. The zero-order chi connectivity index (χ0) is 17.4. The van der Waals surface area contributed by atoms with Crippen LogP contribution in [-0.2, 0) is 9.59 Å². The second-order valence-corrected chi connectivity index (χ2v) is 6.32. The average Bonchev–Trinajstić information content (AvgIpc) is 2.55. The number of nitrogens with zero attached hydrogens (tertiary/aromatic N) is 1. The van der Waals surface area contributed by atoms with Gasteiger partial charge < -0.3 is 5.32 Å². The van der Waals surface area contributed by atoms with Crippen molar-refractivity contribution in [1.29, 1.82) is 0 Å². The Morgan fingerprint density at radius 1 is 1.12 bits per heavy atom. The second-order valence-electron chi connectivity index (χ2n) is 4.84. The minimum Gasteiger partial charge on any atom is -0.326 e. The van der Waals surface area contributed by atoms with Gasteiger partial charge in [0, 0.05) is 22.5 Å². The number of hydrogen-bond acceptors (Lipinski definition) is 4. The van der Waals surface area contributed by atoms with Crippen molar-refractivity contribution in [3.05, 3.63) is 59.1 Å². The number of carbonyl (C=O) groups is 2. The summed E-state index contributed by atoms with van der Waals surface area (Å²) in [6.07, 6.45) is 1.54. The van der Waals surface area contributed by atoms with Gasteiger partial charge in [0.05, 0.1) is 12.0 Å². The fourth-order valence-electron chi connectivity index (χ4n) is 1.75. The number of nitrogens with one attached hydrogen (secondary N) is 2. The lowest BCUT2D eigenvalue weighted by molar-refractivity contribution is -0.118. The Labute approximate surface area is 149 Å². The van der Waals surface area contributed by atoms with Crippen molar-refractivity contribution in [3.8, 4) is 0 Å². The maximum absolute atomic E-state index is 11.7. The maximum atomic E-state index is 11.7. The van der Waals surface area contributed by atoms with Gasteiger partial charge in [0.2, 0.25) is 11.8 Å². The molecule has 0 radical (unpaired) electrons. The molecular formula is C17H16ClN3O2S. The van der Waals surface area contributed by atoms with Crippen LogP contribution in [0.5, 0.6) is 0 Å². The van der Waals surface area contributed by atoms with E-state index in [0.29, 0.717) is 10.7 Å². The van der Waals surface area contributed by atoms with Gasteiger partial charge in [-0.15, -0.1) is 11.8 Å². The first-order valence-electron chi connectivity index (χ1n) is 7.11. The van der Waals surface area contributed by atoms with Gasteiger partial charge in [-0.2, -0.15) is 5.10 Å². The summed E-state index contributed by atoms with van der Waals surface area (Å²) < 4.78 is 0. The maximum Gasteiger partial charge on any atom is 0.250 e. The summed E-state index contributed by atoms with van der Waals surface area (Å²) in [5, 5.41) is 7.25. The number of carbonyl (C=O) groups excluding carboxylic acids is 2. The van der Waals surface area contributed by atoms with Crippen molar-refractivity contribution < 1.29 is 9.59 Å². The summed E-state index contributed by atoms with van der Waals surface area (Å²) in [6.45, 7) is 1.45. The summed E-state index contributed by atoms with van der Waals surface area (Å²) in [5.74, 6) is -0.0524. The van der Waals surface area contributed by atoms with Crippen LogP contribution >= 0.6 is 23.4 Å². The van der Waals surface area contributed by atoms with Crippen LogP contribution in [0.3, 0.4) is 0 Å². The Morgan fingerprint density at radius 3 is 2.42 bits per heavy atom. The van der Waals surface area contributed by atoms with Crippen molar-refractivity contribution in [2.24, 2.45) is 5.10 Å². The molecule has 0 heterocycles. The molecule has 0 bridgehead atoms. The molecule has 2 aromatic rings. The minimum absolute atomic E-state index is 0.123. The molecule has 2 rings (SSSR count). The molecule has 0 fully saturated rings. The van der Waals surface area contributed by atoms with E-state index in [0.717, 1.165) is 10.5 Å². The van der Waals surface area contributed by atoms with Crippen molar-refractivity contribution in [1.82, 2.24) is 5.43 Å². The number of anilines is 1. The summed E-state index contributed by atoms with van der Waals surface area (Å²) in [5.41, 5.74) is 4.00. The van der Waals surface area contributed by atoms with E-state index in [1.54, 1.807) is 42.6 Å². The van der Waals surface area contributed by atoms with Gasteiger partial charge in [-0.05, 0) is 42.0 Å². The SMILES string of the molecule is CC(=O)Nc1ccc(/C=N\NC(=O)CSc2ccc(Cl)cc2)cc1. The summed E-state index contributed by atoms with van der Waals surface area (Å²) in [7, 11) is 0. The van der Waals surface area contributed by atoms with Crippen molar-refractivity contribution in [2.75, 3.05) is 11.1 Å². The highest BCUT2D eigenvalue weighted by molar-refractivity contribution is 8.00. The molecule has 5 nitrogen and oxygen atoms in total. The van der Waals surface area contributed by atoms with Crippen molar-refractivity contribution >= 4 is 47.1 Å². The van der Waals surface area contributed by atoms with E-state index in [1.165, 1.54) is 18.7 Å². The van der Waals surface area contributed by atoms with E-state index in [9.17, 15) is 9.59 Å². The van der Waals surface area contributed by atoms with Crippen LogP contribution in [0.2, 0.25) is 5.02 Å². The first-order valence-corrected chi connectivity index (χ1v) is 8.47. The van der Waals surface area contributed by atoms with E-state index in [1.807, 2.05) is 12.1 Å². The zero-order valence-electron chi connectivity index (χ0n) is 13.0. The molecule has 0 aromatic heterocycles. The van der Waals surface area contributed by atoms with Crippen LogP contribution < -0.4 is 10.7 Å². The molecule has 0 spiro atoms. The smallest absolute Gasteiger partial charge is 0.250 e. The van der Waals surface area contributed by atoms with Crippen LogP contribution in [0, 0.1) is 0 Å². The molecule has 0 unspecified atom stereocenters. The molecule has 7 heteroatoms. The largest absolute Gasteiger partial charge is 0.326 e. The molecular weight excluding hydrogens is 346 g/mol. The van der Waals surface area contributed by atoms with Gasteiger partial charge in [-0.25, -0.2) is 5.43 Å². The summed E-state index contributed by atoms with van der Waals surface area (Å²) in [4.78, 5) is 23.6. The molecule has 124 valence electrons. The van der Waals surface area contributed by atoms with Gasteiger partial charge in [-0.3, -0.25) is 9.59 Å². The molecule has 2 aromatic carbocycles. The fraction of sp³-hybridized carbons (Fsp3) is 0.118. The van der Waals surface area contributed by atoms with Gasteiger partial charge >= 0.3 is 0 Å². The molecule has 24 heavy (non-hydrogen) atoms. The lowest BCUT2D eigenvalue weighted by atomic mass is 10.2. The number of hydrogen-bond donors (Lipinski definition) is 2. The number of amides is 2. The highest BCUT2D eigenvalue weighted by atomic mass is 35.5. The van der Waals surface area contributed by atoms with Gasteiger partial charge in [0.15, 0.2) is 0 Å². The van der Waals surface area contributed by atoms with Crippen molar-refractivity contribution in [2.45, 2.75) is 11.8 Å².